The molecule has 8 nitrogen and oxygen atoms in total. The Hall–Kier alpha value is -3.20. The second-order valence-electron chi connectivity index (χ2n) is 6.63. The van der Waals surface area contributed by atoms with Crippen LogP contribution in [0.15, 0.2) is 53.7 Å². The Labute approximate surface area is 173 Å². The van der Waals surface area contributed by atoms with Gasteiger partial charge in [0.1, 0.15) is 0 Å². The molecule has 0 radical (unpaired) electrons. The highest BCUT2D eigenvalue weighted by atomic mass is 32.2. The van der Waals surface area contributed by atoms with Crippen LogP contribution < -0.4 is 10.6 Å². The number of anilines is 1. The Morgan fingerprint density at radius 3 is 2.62 bits per heavy atom. The van der Waals surface area contributed by atoms with Gasteiger partial charge < -0.3 is 5.32 Å². The molecule has 9 heteroatoms. The van der Waals surface area contributed by atoms with E-state index >= 15 is 0 Å². The van der Waals surface area contributed by atoms with E-state index in [1.807, 2.05) is 62.4 Å². The van der Waals surface area contributed by atoms with Crippen LogP contribution in [-0.2, 0) is 11.3 Å². The van der Waals surface area contributed by atoms with Gasteiger partial charge in [0.15, 0.2) is 0 Å². The maximum atomic E-state index is 12.4. The number of carbonyl (C=O) groups excluding carboxylic acids is 2. The maximum absolute atomic E-state index is 12.4. The van der Waals surface area contributed by atoms with Gasteiger partial charge in [0.05, 0.1) is 11.8 Å². The van der Waals surface area contributed by atoms with E-state index in [0.29, 0.717) is 17.4 Å². The highest BCUT2D eigenvalue weighted by Gasteiger charge is 2.20. The van der Waals surface area contributed by atoms with Gasteiger partial charge in [-0.25, -0.2) is 9.48 Å². The van der Waals surface area contributed by atoms with Gasteiger partial charge in [0, 0.05) is 5.69 Å². The lowest BCUT2D eigenvalue weighted by molar-refractivity contribution is -0.119. The van der Waals surface area contributed by atoms with Crippen molar-refractivity contribution in [3.63, 3.8) is 0 Å². The molecule has 0 spiro atoms. The van der Waals surface area contributed by atoms with E-state index in [9.17, 15) is 9.59 Å². The van der Waals surface area contributed by atoms with E-state index in [2.05, 4.69) is 26.2 Å². The average Bonchev–Trinajstić information content (AvgIpc) is 3.11. The van der Waals surface area contributed by atoms with Crippen LogP contribution in [-0.4, -0.2) is 37.4 Å². The van der Waals surface area contributed by atoms with Gasteiger partial charge in [-0.15, -0.1) is 5.10 Å². The van der Waals surface area contributed by atoms with Crippen LogP contribution in [0.2, 0.25) is 0 Å². The molecule has 3 aromatic rings. The Morgan fingerprint density at radius 1 is 1.14 bits per heavy atom. The number of nitrogens with zero attached hydrogens (tertiary/aromatic N) is 4. The third-order valence-electron chi connectivity index (χ3n) is 4.19. The number of nitrogens with one attached hydrogen (secondary N) is 2. The molecule has 1 heterocycles. The number of hydrogen-bond donors (Lipinski definition) is 2. The monoisotopic (exact) mass is 410 g/mol. The summed E-state index contributed by atoms with van der Waals surface area (Å²) >= 11 is 1.19. The Bertz CT molecular complexity index is 1010. The largest absolute Gasteiger partial charge is 0.325 e. The normalized spacial score (nSPS) is 11.7. The number of rotatable bonds is 6. The van der Waals surface area contributed by atoms with Crippen LogP contribution in [0.5, 0.6) is 0 Å². The molecule has 0 saturated heterocycles. The van der Waals surface area contributed by atoms with E-state index in [-0.39, 0.29) is 0 Å². The zero-order chi connectivity index (χ0) is 20.8. The number of thioether (sulfide) groups is 1. The van der Waals surface area contributed by atoms with Gasteiger partial charge in [0.2, 0.25) is 11.1 Å². The molecule has 150 valence electrons. The molecule has 0 fully saturated rings. The number of urea groups is 1. The summed E-state index contributed by atoms with van der Waals surface area (Å²) < 4.78 is 1.62. The van der Waals surface area contributed by atoms with Gasteiger partial charge in [-0.1, -0.05) is 59.8 Å². The van der Waals surface area contributed by atoms with Crippen molar-refractivity contribution in [3.05, 3.63) is 65.2 Å². The SMILES string of the molecule is Cc1ccc(NC(=O)NC(=O)[C@@H](C)Sc2nnnn2Cc2ccccc2)c(C)c1. The minimum atomic E-state index is -0.571. The molecule has 1 aromatic heterocycles. The summed E-state index contributed by atoms with van der Waals surface area (Å²) in [7, 11) is 0. The van der Waals surface area contributed by atoms with Crippen molar-refractivity contribution >= 4 is 29.4 Å². The molecule has 29 heavy (non-hydrogen) atoms. The lowest BCUT2D eigenvalue weighted by atomic mass is 10.1. The first kappa shape index (κ1) is 20.5. The molecule has 2 N–H and O–H groups in total. The van der Waals surface area contributed by atoms with Crippen molar-refractivity contribution in [1.82, 2.24) is 25.5 Å². The third-order valence-corrected chi connectivity index (χ3v) is 5.26. The number of benzene rings is 2. The van der Waals surface area contributed by atoms with Crippen LogP contribution in [0, 0.1) is 13.8 Å². The van der Waals surface area contributed by atoms with Crippen molar-refractivity contribution < 1.29 is 9.59 Å². The van der Waals surface area contributed by atoms with Crippen molar-refractivity contribution in [3.8, 4) is 0 Å². The lowest BCUT2D eigenvalue weighted by Gasteiger charge is -2.13. The number of aromatic nitrogens is 4. The minimum absolute atomic E-state index is 0.425. The Morgan fingerprint density at radius 2 is 1.90 bits per heavy atom. The van der Waals surface area contributed by atoms with Crippen molar-refractivity contribution in [2.75, 3.05) is 5.32 Å². The van der Waals surface area contributed by atoms with E-state index in [1.165, 1.54) is 11.8 Å². The van der Waals surface area contributed by atoms with E-state index < -0.39 is 17.2 Å². The topological polar surface area (TPSA) is 102 Å². The summed E-state index contributed by atoms with van der Waals surface area (Å²) in [4.78, 5) is 24.6. The molecule has 0 aliphatic heterocycles. The van der Waals surface area contributed by atoms with Crippen LogP contribution >= 0.6 is 11.8 Å². The lowest BCUT2D eigenvalue weighted by Crippen LogP contribution is -2.39. The van der Waals surface area contributed by atoms with Crippen LogP contribution in [0.25, 0.3) is 0 Å². The summed E-state index contributed by atoms with van der Waals surface area (Å²) in [6.45, 7) is 6.07. The van der Waals surface area contributed by atoms with Gasteiger partial charge in [0.25, 0.3) is 0 Å². The molecule has 1 atom stereocenters. The predicted octanol–water partition coefficient (Wildman–Crippen LogP) is 3.17. The van der Waals surface area contributed by atoms with Gasteiger partial charge in [-0.05, 0) is 48.4 Å². The number of carbonyl (C=O) groups is 2. The molecular weight excluding hydrogens is 388 g/mol. The summed E-state index contributed by atoms with van der Waals surface area (Å²) in [5, 5.41) is 16.7. The summed E-state index contributed by atoms with van der Waals surface area (Å²) in [6, 6.07) is 14.9. The highest BCUT2D eigenvalue weighted by molar-refractivity contribution is 8.00. The first-order valence-electron chi connectivity index (χ1n) is 9.08. The van der Waals surface area contributed by atoms with Crippen LogP contribution in [0.1, 0.15) is 23.6 Å². The van der Waals surface area contributed by atoms with Crippen molar-refractivity contribution in [2.24, 2.45) is 0 Å². The molecule has 3 rings (SSSR count). The fraction of sp³-hybridized carbons (Fsp3) is 0.250. The molecule has 0 unspecified atom stereocenters. The number of amides is 3. The van der Waals surface area contributed by atoms with Crippen LogP contribution in [0.3, 0.4) is 0 Å². The molecule has 0 saturated carbocycles. The fourth-order valence-corrected chi connectivity index (χ4v) is 3.46. The van der Waals surface area contributed by atoms with E-state index in [1.54, 1.807) is 11.6 Å². The Balaban J connectivity index is 1.57. The minimum Gasteiger partial charge on any atom is -0.307 e. The zero-order valence-electron chi connectivity index (χ0n) is 16.4. The molecule has 0 aliphatic carbocycles. The number of aryl methyl sites for hydroxylation is 2. The predicted molar refractivity (Wildman–Crippen MR) is 112 cm³/mol. The van der Waals surface area contributed by atoms with Gasteiger partial charge in [-0.3, -0.25) is 10.1 Å². The highest BCUT2D eigenvalue weighted by Crippen LogP contribution is 2.21. The first-order chi connectivity index (χ1) is 13.9. The van der Waals surface area contributed by atoms with Crippen molar-refractivity contribution in [1.29, 1.82) is 0 Å². The number of imide groups is 1. The fourth-order valence-electron chi connectivity index (χ4n) is 2.67. The van der Waals surface area contributed by atoms with E-state index in [0.717, 1.165) is 16.7 Å². The van der Waals surface area contributed by atoms with Gasteiger partial charge in [-0.2, -0.15) is 0 Å². The second kappa shape index (κ2) is 9.33. The smallest absolute Gasteiger partial charge is 0.307 e. The summed E-state index contributed by atoms with van der Waals surface area (Å²) in [5.74, 6) is -0.425. The second-order valence-corrected chi connectivity index (χ2v) is 7.93. The van der Waals surface area contributed by atoms with Gasteiger partial charge >= 0.3 is 6.03 Å². The first-order valence-corrected chi connectivity index (χ1v) is 9.96. The molecule has 0 bridgehead atoms. The number of hydrogen-bond acceptors (Lipinski definition) is 6. The zero-order valence-corrected chi connectivity index (χ0v) is 17.2. The van der Waals surface area contributed by atoms with Crippen LogP contribution in [0.4, 0.5) is 10.5 Å². The van der Waals surface area contributed by atoms with E-state index in [4.69, 9.17) is 0 Å². The molecule has 2 aromatic carbocycles. The third kappa shape index (κ3) is 5.64. The summed E-state index contributed by atoms with van der Waals surface area (Å²) in [5.41, 5.74) is 3.73. The molecule has 3 amide bonds. The number of tetrazole rings is 1. The quantitative estimate of drug-likeness (QED) is 0.605. The summed E-state index contributed by atoms with van der Waals surface area (Å²) in [6.07, 6.45) is 0. The maximum Gasteiger partial charge on any atom is 0.325 e. The molecular formula is C20H22N6O2S. The standard InChI is InChI=1S/C20H22N6O2S/c1-13-9-10-17(14(2)11-13)21-19(28)22-18(27)15(3)29-20-23-24-25-26(20)12-16-7-5-4-6-8-16/h4-11,15H,12H2,1-3H3,(H2,21,22,27,28)/t15-/m1/s1. The van der Waals surface area contributed by atoms with Crippen molar-refractivity contribution in [2.45, 2.75) is 37.7 Å². The average molecular weight is 411 g/mol. The molecule has 0 aliphatic rings. The Kier molecular flexibility index (Phi) is 6.61.